The molecule has 0 aromatic rings. The first-order valence-electron chi connectivity index (χ1n) is 39.8. The molecule has 0 fully saturated rings. The summed E-state index contributed by atoms with van der Waals surface area (Å²) in [6.45, 7) is 4.16. The molecular formula is C92H145NO8P+. The second kappa shape index (κ2) is 78.9. The van der Waals surface area contributed by atoms with Gasteiger partial charge in [-0.2, -0.15) is 0 Å². The van der Waals surface area contributed by atoms with Crippen molar-refractivity contribution in [2.24, 2.45) is 0 Å². The number of carbonyl (C=O) groups excluding carboxylic acids is 2. The van der Waals surface area contributed by atoms with Crippen molar-refractivity contribution in [1.82, 2.24) is 0 Å². The molecule has 0 aromatic carbocycles. The van der Waals surface area contributed by atoms with Gasteiger partial charge < -0.3 is 18.9 Å². The molecule has 1 N–H and O–H groups in total. The highest BCUT2D eigenvalue weighted by Crippen LogP contribution is 2.43. The average molecular weight is 1420 g/mol. The Morgan fingerprint density at radius 3 is 0.784 bits per heavy atom. The van der Waals surface area contributed by atoms with Gasteiger partial charge in [0.05, 0.1) is 27.7 Å². The molecule has 0 bridgehead atoms. The van der Waals surface area contributed by atoms with Crippen molar-refractivity contribution in [3.63, 3.8) is 0 Å². The highest BCUT2D eigenvalue weighted by atomic mass is 31.2. The maximum absolute atomic E-state index is 12.9. The first kappa shape index (κ1) is 95.8. The molecule has 0 radical (unpaired) electrons. The van der Waals surface area contributed by atoms with Crippen LogP contribution >= 0.6 is 7.82 Å². The summed E-state index contributed by atoms with van der Waals surface area (Å²) < 4.78 is 34.8. The minimum Gasteiger partial charge on any atom is -0.462 e. The summed E-state index contributed by atoms with van der Waals surface area (Å²) in [7, 11) is 1.44. The van der Waals surface area contributed by atoms with Gasteiger partial charge in [-0.05, 0) is 167 Å². The van der Waals surface area contributed by atoms with Crippen LogP contribution in [0.5, 0.6) is 0 Å². The fraction of sp³-hybridized carbons (Fsp3) is 0.543. The normalized spacial score (nSPS) is 14.4. The summed E-state index contributed by atoms with van der Waals surface area (Å²) in [4.78, 5) is 36.0. The number of hydrogen-bond acceptors (Lipinski definition) is 7. The molecule has 0 rings (SSSR count). The number of carbonyl (C=O) groups is 2. The third-order valence-electron chi connectivity index (χ3n) is 15.9. The number of quaternary nitrogens is 1. The van der Waals surface area contributed by atoms with Crippen molar-refractivity contribution in [1.29, 1.82) is 0 Å². The molecule has 0 aromatic heterocycles. The van der Waals surface area contributed by atoms with Crippen LogP contribution in [-0.4, -0.2) is 74.9 Å². The summed E-state index contributed by atoms with van der Waals surface area (Å²) in [6.07, 6.45) is 128. The van der Waals surface area contributed by atoms with Crippen LogP contribution in [0.4, 0.5) is 0 Å². The lowest BCUT2D eigenvalue weighted by molar-refractivity contribution is -0.870. The Balaban J connectivity index is 4.15. The number of nitrogens with zero attached hydrogens (tertiary/aromatic N) is 1. The third kappa shape index (κ3) is 82.8. The molecule has 0 amide bonds. The van der Waals surface area contributed by atoms with Crippen molar-refractivity contribution >= 4 is 19.8 Å². The third-order valence-corrected chi connectivity index (χ3v) is 16.9. The van der Waals surface area contributed by atoms with Crippen LogP contribution in [-0.2, 0) is 32.7 Å². The minimum atomic E-state index is -4.42. The SMILES string of the molecule is CC/C=C\C/C=C\C/C=C\C/C=C\C/C=C\C/C=C\C/C=C\C/C=C\C/C=C\C/C=C\CCCCCCCCCCC(=O)OCC(COP(=O)(O)OCC[N+](C)(C)C)OC(=O)CCCCCCCCCC/C=C\C/C=C\C/C=C\C/C=C\C/C=C\C/C=C\C/C=C\C/C=C\C/C=C\C/C=C\CC. The fourth-order valence-electron chi connectivity index (χ4n) is 9.90. The zero-order valence-electron chi connectivity index (χ0n) is 65.0. The summed E-state index contributed by atoms with van der Waals surface area (Å²) in [5.74, 6) is -0.832. The van der Waals surface area contributed by atoms with E-state index in [9.17, 15) is 19.0 Å². The van der Waals surface area contributed by atoms with Crippen molar-refractivity contribution in [3.8, 4) is 0 Å². The molecule has 0 aliphatic carbocycles. The maximum atomic E-state index is 12.9. The van der Waals surface area contributed by atoms with E-state index >= 15 is 0 Å². The predicted octanol–water partition coefficient (Wildman–Crippen LogP) is 27.0. The highest BCUT2D eigenvalue weighted by Gasteiger charge is 2.27. The minimum absolute atomic E-state index is 0.0157. The largest absolute Gasteiger partial charge is 0.472 e. The fourth-order valence-corrected chi connectivity index (χ4v) is 10.6. The molecule has 570 valence electrons. The van der Waals surface area contributed by atoms with Gasteiger partial charge in [0.25, 0.3) is 0 Å². The molecule has 10 heteroatoms. The number of ether oxygens (including phenoxy) is 2. The van der Waals surface area contributed by atoms with E-state index < -0.39 is 26.5 Å². The van der Waals surface area contributed by atoms with Gasteiger partial charge in [-0.3, -0.25) is 18.6 Å². The van der Waals surface area contributed by atoms with Crippen molar-refractivity contribution in [2.45, 2.75) is 277 Å². The van der Waals surface area contributed by atoms with Crippen LogP contribution in [0.25, 0.3) is 0 Å². The summed E-state index contributed by atoms with van der Waals surface area (Å²) >= 11 is 0. The van der Waals surface area contributed by atoms with Gasteiger partial charge in [-0.25, -0.2) is 4.57 Å². The van der Waals surface area contributed by atoms with Gasteiger partial charge in [0, 0.05) is 12.8 Å². The van der Waals surface area contributed by atoms with E-state index in [2.05, 4.69) is 257 Å². The zero-order chi connectivity index (χ0) is 74.0. The molecule has 0 aliphatic rings. The molecule has 0 saturated heterocycles. The van der Waals surface area contributed by atoms with Gasteiger partial charge in [0.1, 0.15) is 19.8 Å². The van der Waals surface area contributed by atoms with E-state index in [1.807, 2.05) is 21.1 Å². The second-order valence-corrected chi connectivity index (χ2v) is 28.1. The molecule has 9 nitrogen and oxygen atoms in total. The Morgan fingerprint density at radius 2 is 0.529 bits per heavy atom. The Labute approximate surface area is 625 Å². The van der Waals surface area contributed by atoms with E-state index in [0.717, 1.165) is 180 Å². The van der Waals surface area contributed by atoms with Gasteiger partial charge in [-0.15, -0.1) is 0 Å². The van der Waals surface area contributed by atoms with Gasteiger partial charge in [0.2, 0.25) is 0 Å². The van der Waals surface area contributed by atoms with Crippen LogP contribution in [0.3, 0.4) is 0 Å². The lowest BCUT2D eigenvalue weighted by Crippen LogP contribution is -2.37. The standard InChI is InChI=1S/C92H144NO8P/c1-6-8-10-12-14-16-18-20-22-24-26-28-30-32-34-36-38-40-42-44-46-48-50-52-54-56-58-60-62-64-66-68-70-72-74-76-78-80-82-84-91(94)98-88-90(89-100-102(96,97)99-87-86-93(3,4)5)101-92(95)85-83-81-79-77-75-73-71-69-67-65-63-61-59-57-55-53-51-49-47-45-43-41-39-37-35-33-31-29-27-25-23-21-19-17-15-13-11-9-7-2/h8-11,14-17,20-23,26-29,32-35,38-41,44-47,50-53,56-59,62-65,90H,6-7,12-13,18-19,24-25,30-31,36-37,42-43,48-49,54-55,60-61,66-89H2,1-5H3/p+1/b10-8-,11-9-,16-14-,17-15-,22-20-,23-21-,28-26-,29-27-,34-32-,35-33-,40-38-,41-39-,46-44-,47-45-,52-50-,53-51-,58-56-,59-57-,64-62-,65-63-. The summed E-state index contributed by atoms with van der Waals surface area (Å²) in [5, 5.41) is 0. The number of phosphoric ester groups is 1. The number of unbranched alkanes of at least 4 members (excludes halogenated alkanes) is 16. The van der Waals surface area contributed by atoms with Crippen LogP contribution in [0.1, 0.15) is 271 Å². The number of likely N-dealkylation sites (N-methyl/N-ethyl adjacent to an activating group) is 1. The number of rotatable bonds is 70. The van der Waals surface area contributed by atoms with Crippen molar-refractivity contribution in [2.75, 3.05) is 47.5 Å². The van der Waals surface area contributed by atoms with Gasteiger partial charge in [0.15, 0.2) is 6.10 Å². The molecule has 0 heterocycles. The maximum Gasteiger partial charge on any atom is 0.472 e. The lowest BCUT2D eigenvalue weighted by Gasteiger charge is -2.24. The van der Waals surface area contributed by atoms with Gasteiger partial charge >= 0.3 is 19.8 Å². The number of esters is 2. The average Bonchev–Trinajstić information content (AvgIpc) is 0.935. The number of hydrogen-bond donors (Lipinski definition) is 1. The van der Waals surface area contributed by atoms with Crippen LogP contribution in [0, 0.1) is 0 Å². The monoisotopic (exact) mass is 1420 g/mol. The smallest absolute Gasteiger partial charge is 0.462 e. The Morgan fingerprint density at radius 1 is 0.304 bits per heavy atom. The Kier molecular flexibility index (Phi) is 74.1. The van der Waals surface area contributed by atoms with E-state index in [4.69, 9.17) is 18.5 Å². The van der Waals surface area contributed by atoms with Crippen LogP contribution in [0.2, 0.25) is 0 Å². The van der Waals surface area contributed by atoms with E-state index in [-0.39, 0.29) is 32.0 Å². The first-order chi connectivity index (χ1) is 50.0. The second-order valence-electron chi connectivity index (χ2n) is 26.6. The molecule has 0 aliphatic heterocycles. The Bertz CT molecular complexity index is 2630. The first-order valence-corrected chi connectivity index (χ1v) is 41.3. The topological polar surface area (TPSA) is 108 Å². The Hall–Kier alpha value is -6.19. The molecule has 2 unspecified atom stereocenters. The van der Waals surface area contributed by atoms with Gasteiger partial charge in [-0.1, -0.05) is 334 Å². The zero-order valence-corrected chi connectivity index (χ0v) is 65.9. The van der Waals surface area contributed by atoms with E-state index in [1.54, 1.807) is 0 Å². The predicted molar refractivity (Wildman–Crippen MR) is 444 cm³/mol. The van der Waals surface area contributed by atoms with E-state index in [0.29, 0.717) is 23.9 Å². The lowest BCUT2D eigenvalue weighted by atomic mass is 10.1. The molecular weight excluding hydrogens is 1280 g/mol. The summed E-state index contributed by atoms with van der Waals surface area (Å²) in [5.41, 5.74) is 0. The van der Waals surface area contributed by atoms with Crippen LogP contribution in [0.15, 0.2) is 243 Å². The molecule has 102 heavy (non-hydrogen) atoms. The van der Waals surface area contributed by atoms with Crippen LogP contribution < -0.4 is 0 Å². The number of allylic oxidation sites excluding steroid dienone is 40. The van der Waals surface area contributed by atoms with Crippen molar-refractivity contribution in [3.05, 3.63) is 243 Å². The summed E-state index contributed by atoms with van der Waals surface area (Å²) in [6, 6.07) is 0. The molecule has 0 saturated carbocycles. The molecule has 0 spiro atoms. The van der Waals surface area contributed by atoms with E-state index in [1.165, 1.54) is 51.4 Å². The molecule has 2 atom stereocenters. The number of phosphoric acid groups is 1. The highest BCUT2D eigenvalue weighted by molar-refractivity contribution is 7.47. The quantitative estimate of drug-likeness (QED) is 0.0211. The van der Waals surface area contributed by atoms with Crippen molar-refractivity contribution < 1.29 is 42.1 Å².